The van der Waals surface area contributed by atoms with Gasteiger partial charge in [-0.1, -0.05) is 12.1 Å². The number of thiophene rings is 1. The zero-order chi connectivity index (χ0) is 19.0. The van der Waals surface area contributed by atoms with Crippen molar-refractivity contribution in [3.63, 3.8) is 0 Å². The second kappa shape index (κ2) is 7.11. The highest BCUT2D eigenvalue weighted by Crippen LogP contribution is 2.32. The zero-order valence-corrected chi connectivity index (χ0v) is 15.2. The molecule has 3 amide bonds. The van der Waals surface area contributed by atoms with Gasteiger partial charge in [-0.3, -0.25) is 25.2 Å². The van der Waals surface area contributed by atoms with E-state index in [9.17, 15) is 18.8 Å². The maximum Gasteiger partial charge on any atom is 0.279 e. The summed E-state index contributed by atoms with van der Waals surface area (Å²) in [6, 6.07) is 9.74. The monoisotopic (exact) mass is 387 g/mol. The summed E-state index contributed by atoms with van der Waals surface area (Å²) >= 11 is 1.25. The van der Waals surface area contributed by atoms with Gasteiger partial charge in [-0.05, 0) is 42.7 Å². The van der Waals surface area contributed by atoms with E-state index in [1.54, 1.807) is 29.2 Å². The number of likely N-dealkylation sites (tertiary alicyclic amines) is 1. The van der Waals surface area contributed by atoms with E-state index in [1.807, 2.05) is 0 Å². The number of hydrazine groups is 1. The summed E-state index contributed by atoms with van der Waals surface area (Å²) in [5.41, 5.74) is 5.64. The SMILES string of the molecule is O=C(NNC(=O)[C@H]1CC(=O)N(C2CC2)C1)c1ccc(-c2ccc(F)cc2)s1. The first-order chi connectivity index (χ1) is 13.0. The van der Waals surface area contributed by atoms with Crippen LogP contribution in [0, 0.1) is 11.7 Å². The van der Waals surface area contributed by atoms with Gasteiger partial charge in [0.05, 0.1) is 10.8 Å². The second-order valence-electron chi connectivity index (χ2n) is 6.79. The summed E-state index contributed by atoms with van der Waals surface area (Å²) in [6.07, 6.45) is 2.20. The van der Waals surface area contributed by atoms with Crippen molar-refractivity contribution in [1.82, 2.24) is 15.8 Å². The lowest BCUT2D eigenvalue weighted by atomic mass is 10.1. The molecule has 8 heteroatoms. The third kappa shape index (κ3) is 3.85. The molecular formula is C19H18FN3O3S. The van der Waals surface area contributed by atoms with Gasteiger partial charge in [0, 0.05) is 23.9 Å². The van der Waals surface area contributed by atoms with Crippen molar-refractivity contribution in [3.05, 3.63) is 47.1 Å². The molecule has 1 aromatic heterocycles. The van der Waals surface area contributed by atoms with E-state index in [2.05, 4.69) is 10.9 Å². The quantitative estimate of drug-likeness (QED) is 0.791. The van der Waals surface area contributed by atoms with E-state index in [-0.39, 0.29) is 24.1 Å². The highest BCUT2D eigenvalue weighted by Gasteiger charge is 2.41. The molecule has 140 valence electrons. The summed E-state index contributed by atoms with van der Waals surface area (Å²) in [7, 11) is 0. The van der Waals surface area contributed by atoms with Crippen molar-refractivity contribution in [2.75, 3.05) is 6.54 Å². The molecule has 1 saturated carbocycles. The number of nitrogens with one attached hydrogen (secondary N) is 2. The predicted molar refractivity (Wildman–Crippen MR) is 98.2 cm³/mol. The van der Waals surface area contributed by atoms with Gasteiger partial charge in [-0.15, -0.1) is 11.3 Å². The summed E-state index contributed by atoms with van der Waals surface area (Å²) in [5, 5.41) is 0. The number of hydrogen-bond donors (Lipinski definition) is 2. The third-order valence-electron chi connectivity index (χ3n) is 4.77. The number of halogens is 1. The topological polar surface area (TPSA) is 78.5 Å². The lowest BCUT2D eigenvalue weighted by Gasteiger charge is -2.15. The van der Waals surface area contributed by atoms with E-state index in [1.165, 1.54) is 23.5 Å². The van der Waals surface area contributed by atoms with Gasteiger partial charge >= 0.3 is 0 Å². The summed E-state index contributed by atoms with van der Waals surface area (Å²) < 4.78 is 13.0. The Bertz CT molecular complexity index is 892. The smallest absolute Gasteiger partial charge is 0.279 e. The number of hydrogen-bond acceptors (Lipinski definition) is 4. The number of carbonyl (C=O) groups is 3. The van der Waals surface area contributed by atoms with Crippen molar-refractivity contribution >= 4 is 29.1 Å². The van der Waals surface area contributed by atoms with E-state index in [0.29, 0.717) is 17.5 Å². The van der Waals surface area contributed by atoms with Gasteiger partial charge in [-0.2, -0.15) is 0 Å². The molecule has 2 N–H and O–H groups in total. The van der Waals surface area contributed by atoms with Gasteiger partial charge < -0.3 is 4.90 Å². The summed E-state index contributed by atoms with van der Waals surface area (Å²) in [6.45, 7) is 0.416. The maximum atomic E-state index is 13.0. The Kier molecular flexibility index (Phi) is 4.65. The highest BCUT2D eigenvalue weighted by molar-refractivity contribution is 7.17. The fourth-order valence-electron chi connectivity index (χ4n) is 3.16. The number of rotatable bonds is 4. The van der Waals surface area contributed by atoms with Gasteiger partial charge in [0.15, 0.2) is 0 Å². The summed E-state index contributed by atoms with van der Waals surface area (Å²) in [5.74, 6) is -1.52. The Morgan fingerprint density at radius 1 is 1.07 bits per heavy atom. The lowest BCUT2D eigenvalue weighted by molar-refractivity contribution is -0.129. The van der Waals surface area contributed by atoms with Crippen LogP contribution in [-0.4, -0.2) is 35.2 Å². The van der Waals surface area contributed by atoms with Crippen LogP contribution >= 0.6 is 11.3 Å². The molecule has 0 spiro atoms. The predicted octanol–water partition coefficient (Wildman–Crippen LogP) is 2.33. The molecule has 0 radical (unpaired) electrons. The maximum absolute atomic E-state index is 13.0. The first kappa shape index (κ1) is 17.7. The molecule has 1 aromatic carbocycles. The Hall–Kier alpha value is -2.74. The highest BCUT2D eigenvalue weighted by atomic mass is 32.1. The van der Waals surface area contributed by atoms with Crippen LogP contribution in [0.5, 0.6) is 0 Å². The molecule has 4 rings (SSSR count). The molecule has 2 aromatic rings. The van der Waals surface area contributed by atoms with Crippen LogP contribution in [0.25, 0.3) is 10.4 Å². The molecule has 1 saturated heterocycles. The van der Waals surface area contributed by atoms with Gasteiger partial charge in [0.25, 0.3) is 5.91 Å². The minimum Gasteiger partial charge on any atom is -0.339 e. The molecule has 2 aliphatic rings. The van der Waals surface area contributed by atoms with Crippen molar-refractivity contribution in [2.45, 2.75) is 25.3 Å². The third-order valence-corrected chi connectivity index (χ3v) is 5.91. The number of carbonyl (C=O) groups excluding carboxylic acids is 3. The van der Waals surface area contributed by atoms with Crippen molar-refractivity contribution in [3.8, 4) is 10.4 Å². The molecule has 2 heterocycles. The lowest BCUT2D eigenvalue weighted by Crippen LogP contribution is -2.45. The molecule has 0 bridgehead atoms. The van der Waals surface area contributed by atoms with E-state index in [4.69, 9.17) is 0 Å². The Morgan fingerprint density at radius 3 is 2.52 bits per heavy atom. The molecule has 1 aliphatic heterocycles. The van der Waals surface area contributed by atoms with Crippen LogP contribution in [0.1, 0.15) is 28.9 Å². The largest absolute Gasteiger partial charge is 0.339 e. The standard InChI is InChI=1S/C19H18FN3O3S/c20-13-3-1-11(2-4-13)15-7-8-16(27-15)19(26)22-21-18(25)12-9-17(24)23(10-12)14-5-6-14/h1-4,7-8,12,14H,5-6,9-10H2,(H,21,25)(H,22,26)/t12-/m0/s1. The zero-order valence-electron chi connectivity index (χ0n) is 14.4. The van der Waals surface area contributed by atoms with E-state index in [0.717, 1.165) is 23.3 Å². The number of amides is 3. The molecule has 6 nitrogen and oxygen atoms in total. The Labute approximate surface area is 159 Å². The van der Waals surface area contributed by atoms with E-state index >= 15 is 0 Å². The molecule has 1 aliphatic carbocycles. The average Bonchev–Trinajstić information content (AvgIpc) is 3.24. The minimum atomic E-state index is -0.434. The minimum absolute atomic E-state index is 0.00572. The summed E-state index contributed by atoms with van der Waals surface area (Å²) in [4.78, 5) is 39.4. The van der Waals surface area contributed by atoms with Crippen molar-refractivity contribution in [1.29, 1.82) is 0 Å². The van der Waals surface area contributed by atoms with Crippen LogP contribution in [0.4, 0.5) is 4.39 Å². The first-order valence-corrected chi connectivity index (χ1v) is 9.58. The van der Waals surface area contributed by atoms with Crippen molar-refractivity contribution < 1.29 is 18.8 Å². The van der Waals surface area contributed by atoms with Crippen LogP contribution in [0.3, 0.4) is 0 Å². The fourth-order valence-corrected chi connectivity index (χ4v) is 4.06. The molecular weight excluding hydrogens is 369 g/mol. The van der Waals surface area contributed by atoms with Gasteiger partial charge in [0.2, 0.25) is 11.8 Å². The fraction of sp³-hybridized carbons (Fsp3) is 0.316. The van der Waals surface area contributed by atoms with Crippen LogP contribution in [0.2, 0.25) is 0 Å². The molecule has 1 atom stereocenters. The molecule has 0 unspecified atom stereocenters. The molecule has 27 heavy (non-hydrogen) atoms. The Balaban J connectivity index is 1.32. The number of nitrogens with zero attached hydrogens (tertiary/aromatic N) is 1. The number of benzene rings is 1. The van der Waals surface area contributed by atoms with Crippen LogP contribution in [0.15, 0.2) is 36.4 Å². The molecule has 2 fully saturated rings. The van der Waals surface area contributed by atoms with Crippen LogP contribution < -0.4 is 10.9 Å². The van der Waals surface area contributed by atoms with Gasteiger partial charge in [-0.25, -0.2) is 4.39 Å². The van der Waals surface area contributed by atoms with Crippen molar-refractivity contribution in [2.24, 2.45) is 5.92 Å². The second-order valence-corrected chi connectivity index (χ2v) is 7.88. The first-order valence-electron chi connectivity index (χ1n) is 8.76. The Morgan fingerprint density at radius 2 is 1.81 bits per heavy atom. The van der Waals surface area contributed by atoms with E-state index < -0.39 is 11.8 Å². The van der Waals surface area contributed by atoms with Gasteiger partial charge in [0.1, 0.15) is 5.82 Å². The van der Waals surface area contributed by atoms with Crippen LogP contribution in [-0.2, 0) is 9.59 Å². The average molecular weight is 387 g/mol. The normalized spacial score (nSPS) is 19.2.